The van der Waals surface area contributed by atoms with Crippen LogP contribution in [0.5, 0.6) is 5.75 Å². The summed E-state index contributed by atoms with van der Waals surface area (Å²) in [7, 11) is 0.546. The van der Waals surface area contributed by atoms with Gasteiger partial charge in [0.2, 0.25) is 15.9 Å². The molecule has 0 bridgehead atoms. The highest BCUT2D eigenvalue weighted by Crippen LogP contribution is 2.28. The third-order valence-electron chi connectivity index (χ3n) is 3.99. The highest BCUT2D eigenvalue weighted by Gasteiger charge is 2.20. The standard InChI is InChI=1S/C18H22N4O6S/c1-21(2)29(26,27)13-8-9-17(28-3)15(12-13)20-18(23)10-11-19-14-6-4-5-7-16(14)22(24)25/h4-9,12,19H,10-11H2,1-3H3,(H,20,23). The van der Waals surface area contributed by atoms with Gasteiger partial charge >= 0.3 is 0 Å². The highest BCUT2D eigenvalue weighted by atomic mass is 32.2. The number of nitro groups is 1. The Labute approximate surface area is 168 Å². The summed E-state index contributed by atoms with van der Waals surface area (Å²) >= 11 is 0. The number of methoxy groups -OCH3 is 1. The van der Waals surface area contributed by atoms with Crippen LogP contribution in [0.2, 0.25) is 0 Å². The molecule has 2 aromatic rings. The van der Waals surface area contributed by atoms with Gasteiger partial charge in [-0.05, 0) is 24.3 Å². The normalized spacial score (nSPS) is 11.2. The van der Waals surface area contributed by atoms with Crippen LogP contribution in [0.25, 0.3) is 0 Å². The van der Waals surface area contributed by atoms with Crippen LogP contribution in [0.3, 0.4) is 0 Å². The number of carbonyl (C=O) groups is 1. The van der Waals surface area contributed by atoms with Crippen LogP contribution in [-0.2, 0) is 14.8 Å². The van der Waals surface area contributed by atoms with Crippen LogP contribution in [0, 0.1) is 10.1 Å². The number of para-hydroxylation sites is 2. The highest BCUT2D eigenvalue weighted by molar-refractivity contribution is 7.89. The lowest BCUT2D eigenvalue weighted by Crippen LogP contribution is -2.22. The van der Waals surface area contributed by atoms with Gasteiger partial charge in [-0.3, -0.25) is 14.9 Å². The lowest BCUT2D eigenvalue weighted by atomic mass is 10.2. The Morgan fingerprint density at radius 3 is 2.48 bits per heavy atom. The molecule has 2 aromatic carbocycles. The number of nitro benzene ring substituents is 1. The van der Waals surface area contributed by atoms with E-state index in [0.717, 1.165) is 4.31 Å². The predicted molar refractivity (Wildman–Crippen MR) is 109 cm³/mol. The first-order chi connectivity index (χ1) is 13.7. The fraction of sp³-hybridized carbons (Fsp3) is 0.278. The van der Waals surface area contributed by atoms with Gasteiger partial charge in [-0.25, -0.2) is 12.7 Å². The van der Waals surface area contributed by atoms with Gasteiger partial charge in [0, 0.05) is 33.1 Å². The third-order valence-corrected chi connectivity index (χ3v) is 5.80. The van der Waals surface area contributed by atoms with Crippen molar-refractivity contribution < 1.29 is 22.9 Å². The van der Waals surface area contributed by atoms with Crippen molar-refractivity contribution >= 4 is 33.0 Å². The molecule has 2 rings (SSSR count). The van der Waals surface area contributed by atoms with Crippen LogP contribution in [-0.4, -0.2) is 51.3 Å². The van der Waals surface area contributed by atoms with Crippen LogP contribution < -0.4 is 15.4 Å². The van der Waals surface area contributed by atoms with Crippen LogP contribution in [0.15, 0.2) is 47.4 Å². The first kappa shape index (κ1) is 22.1. The number of hydrogen-bond acceptors (Lipinski definition) is 7. The zero-order valence-corrected chi connectivity index (χ0v) is 17.0. The van der Waals surface area contributed by atoms with Gasteiger partial charge in [0.1, 0.15) is 11.4 Å². The van der Waals surface area contributed by atoms with Gasteiger partial charge in [-0.15, -0.1) is 0 Å². The van der Waals surface area contributed by atoms with E-state index in [4.69, 9.17) is 4.74 Å². The van der Waals surface area contributed by atoms with E-state index in [9.17, 15) is 23.3 Å². The third kappa shape index (κ3) is 5.42. The van der Waals surface area contributed by atoms with E-state index in [0.29, 0.717) is 11.4 Å². The molecule has 0 saturated carbocycles. The van der Waals surface area contributed by atoms with Crippen molar-refractivity contribution in [3.8, 4) is 5.75 Å². The summed E-state index contributed by atoms with van der Waals surface area (Å²) in [5.74, 6) is -0.100. The Kier molecular flexibility index (Phi) is 7.13. The maximum absolute atomic E-state index is 12.3. The van der Waals surface area contributed by atoms with Crippen LogP contribution in [0.1, 0.15) is 6.42 Å². The second-order valence-electron chi connectivity index (χ2n) is 6.15. The van der Waals surface area contributed by atoms with Crippen molar-refractivity contribution in [1.29, 1.82) is 0 Å². The van der Waals surface area contributed by atoms with Gasteiger partial charge in [0.15, 0.2) is 0 Å². The fourth-order valence-corrected chi connectivity index (χ4v) is 3.39. The minimum absolute atomic E-state index is 0.000138. The van der Waals surface area contributed by atoms with E-state index in [2.05, 4.69) is 10.6 Å². The van der Waals surface area contributed by atoms with E-state index in [1.165, 1.54) is 45.5 Å². The van der Waals surface area contributed by atoms with Crippen molar-refractivity contribution in [2.75, 3.05) is 38.4 Å². The molecule has 0 heterocycles. The summed E-state index contributed by atoms with van der Waals surface area (Å²) < 4.78 is 30.8. The summed E-state index contributed by atoms with van der Waals surface area (Å²) in [6, 6.07) is 10.3. The molecule has 156 valence electrons. The van der Waals surface area contributed by atoms with Crippen molar-refractivity contribution in [3.05, 3.63) is 52.6 Å². The predicted octanol–water partition coefficient (Wildman–Crippen LogP) is 2.29. The SMILES string of the molecule is COc1ccc(S(=O)(=O)N(C)C)cc1NC(=O)CCNc1ccccc1[N+](=O)[O-]. The van der Waals surface area contributed by atoms with Crippen LogP contribution in [0.4, 0.5) is 17.1 Å². The largest absolute Gasteiger partial charge is 0.495 e. The first-order valence-electron chi connectivity index (χ1n) is 8.54. The van der Waals surface area contributed by atoms with Crippen LogP contribution >= 0.6 is 0 Å². The van der Waals surface area contributed by atoms with E-state index in [1.54, 1.807) is 18.2 Å². The van der Waals surface area contributed by atoms with E-state index in [1.807, 2.05) is 0 Å². The minimum Gasteiger partial charge on any atom is -0.495 e. The van der Waals surface area contributed by atoms with Crippen molar-refractivity contribution in [1.82, 2.24) is 4.31 Å². The second kappa shape index (κ2) is 9.34. The monoisotopic (exact) mass is 422 g/mol. The maximum Gasteiger partial charge on any atom is 0.292 e. The van der Waals surface area contributed by atoms with Crippen molar-refractivity contribution in [2.24, 2.45) is 0 Å². The van der Waals surface area contributed by atoms with Gasteiger partial charge < -0.3 is 15.4 Å². The average Bonchev–Trinajstić information content (AvgIpc) is 2.68. The Morgan fingerprint density at radius 2 is 1.86 bits per heavy atom. The molecule has 0 aromatic heterocycles. The number of nitrogens with zero attached hydrogens (tertiary/aromatic N) is 2. The Hall–Kier alpha value is -3.18. The molecule has 0 spiro atoms. The summed E-state index contributed by atoms with van der Waals surface area (Å²) in [6.45, 7) is 0.148. The van der Waals surface area contributed by atoms with E-state index < -0.39 is 20.9 Å². The van der Waals surface area contributed by atoms with E-state index >= 15 is 0 Å². The van der Waals surface area contributed by atoms with Gasteiger partial charge in [-0.2, -0.15) is 0 Å². The zero-order chi connectivity index (χ0) is 21.6. The molecule has 0 aliphatic heterocycles. The molecule has 10 nitrogen and oxygen atoms in total. The topological polar surface area (TPSA) is 131 Å². The Morgan fingerprint density at radius 1 is 1.17 bits per heavy atom. The second-order valence-corrected chi connectivity index (χ2v) is 8.30. The molecular weight excluding hydrogens is 400 g/mol. The lowest BCUT2D eigenvalue weighted by molar-refractivity contribution is -0.384. The molecular formula is C18H22N4O6S. The van der Waals surface area contributed by atoms with Gasteiger partial charge in [0.25, 0.3) is 5.69 Å². The molecule has 0 unspecified atom stereocenters. The summed E-state index contributed by atoms with van der Waals surface area (Å²) in [5, 5.41) is 16.5. The molecule has 0 atom stereocenters. The molecule has 0 fully saturated rings. The molecule has 0 aliphatic rings. The van der Waals surface area contributed by atoms with Crippen molar-refractivity contribution in [3.63, 3.8) is 0 Å². The lowest BCUT2D eigenvalue weighted by Gasteiger charge is -2.15. The number of carbonyl (C=O) groups excluding carboxylic acids is 1. The number of rotatable bonds is 9. The number of benzene rings is 2. The Bertz CT molecular complexity index is 1010. The number of nitrogens with one attached hydrogen (secondary N) is 2. The molecule has 0 aliphatic carbocycles. The number of hydrogen-bond donors (Lipinski definition) is 2. The Balaban J connectivity index is 2.08. The molecule has 0 radical (unpaired) electrons. The average molecular weight is 422 g/mol. The summed E-state index contributed by atoms with van der Waals surface area (Å²) in [5.41, 5.74) is 0.434. The molecule has 29 heavy (non-hydrogen) atoms. The fourth-order valence-electron chi connectivity index (χ4n) is 2.46. The minimum atomic E-state index is -3.68. The molecule has 1 amide bonds. The number of anilines is 2. The molecule has 2 N–H and O–H groups in total. The number of amides is 1. The summed E-state index contributed by atoms with van der Waals surface area (Å²) in [6.07, 6.45) is -0.000138. The first-order valence-corrected chi connectivity index (χ1v) is 9.98. The van der Waals surface area contributed by atoms with Gasteiger partial charge in [0.05, 0.1) is 22.6 Å². The smallest absolute Gasteiger partial charge is 0.292 e. The van der Waals surface area contributed by atoms with Gasteiger partial charge in [-0.1, -0.05) is 12.1 Å². The zero-order valence-electron chi connectivity index (χ0n) is 16.2. The maximum atomic E-state index is 12.3. The van der Waals surface area contributed by atoms with E-state index in [-0.39, 0.29) is 29.2 Å². The molecule has 0 saturated heterocycles. The number of ether oxygens (including phenoxy) is 1. The van der Waals surface area contributed by atoms with Crippen molar-refractivity contribution in [2.45, 2.75) is 11.3 Å². The number of sulfonamides is 1. The summed E-state index contributed by atoms with van der Waals surface area (Å²) in [4.78, 5) is 22.8. The molecule has 11 heteroatoms. The quantitative estimate of drug-likeness (QED) is 0.468.